The van der Waals surface area contributed by atoms with Gasteiger partial charge in [0.05, 0.1) is 48.9 Å². The van der Waals surface area contributed by atoms with Crippen molar-refractivity contribution in [3.05, 3.63) is 52.4 Å². The van der Waals surface area contributed by atoms with Crippen molar-refractivity contribution in [1.82, 2.24) is 24.5 Å². The van der Waals surface area contributed by atoms with Crippen molar-refractivity contribution >= 4 is 35.6 Å². The van der Waals surface area contributed by atoms with Crippen molar-refractivity contribution in [3.8, 4) is 23.0 Å². The second-order valence-electron chi connectivity index (χ2n) is 11.3. The van der Waals surface area contributed by atoms with Crippen LogP contribution < -0.4 is 0 Å². The molecular weight excluding hydrogens is 760 g/mol. The summed E-state index contributed by atoms with van der Waals surface area (Å²) in [4.78, 5) is 48.8. The molecule has 1 aliphatic carbocycles. The number of benzene rings is 1. The normalized spacial score (nSPS) is 13.9. The maximum Gasteiger partial charge on any atom is 0.510 e. The van der Waals surface area contributed by atoms with Crippen LogP contribution in [0.5, 0.6) is 0 Å². The number of halogens is 9. The molecule has 1 aromatic carbocycles. The zero-order valence-corrected chi connectivity index (χ0v) is 27.7. The molecule has 1 N–H and O–H groups in total. The van der Waals surface area contributed by atoms with Crippen molar-refractivity contribution in [2.24, 2.45) is 7.05 Å². The average Bonchev–Trinajstić information content (AvgIpc) is 3.53. The predicted molar refractivity (Wildman–Crippen MR) is 159 cm³/mol. The maximum absolute atomic E-state index is 14.2. The van der Waals surface area contributed by atoms with E-state index in [9.17, 15) is 59.6 Å². The second kappa shape index (κ2) is 15.3. The molecule has 2 heterocycles. The molecule has 1 saturated carbocycles. The van der Waals surface area contributed by atoms with Gasteiger partial charge in [0, 0.05) is 25.2 Å². The number of ether oxygens (including phenoxy) is 3. The first-order chi connectivity index (χ1) is 24.6. The quantitative estimate of drug-likeness (QED) is 0.0877. The van der Waals surface area contributed by atoms with E-state index in [-0.39, 0.29) is 65.3 Å². The summed E-state index contributed by atoms with van der Waals surface area (Å²) < 4.78 is 125. The van der Waals surface area contributed by atoms with Gasteiger partial charge in [0.1, 0.15) is 11.1 Å². The number of aromatic nitrogens is 4. The van der Waals surface area contributed by atoms with Crippen LogP contribution in [0.4, 0.5) is 39.9 Å². The molecule has 0 spiro atoms. The second-order valence-corrected chi connectivity index (χ2v) is 11.7. The Hall–Kier alpha value is -5.46. The van der Waals surface area contributed by atoms with Crippen LogP contribution in [-0.2, 0) is 42.9 Å². The average molecular weight is 785 g/mol. The lowest BCUT2D eigenvalue weighted by Gasteiger charge is -2.27. The number of aliphatic carboxylic acids is 1. The molecule has 0 aliphatic heterocycles. The lowest BCUT2D eigenvalue weighted by molar-refractivity contribution is -0.292. The number of aryl methyl sites for hydroxylation is 1. The van der Waals surface area contributed by atoms with Crippen LogP contribution in [0.25, 0.3) is 16.9 Å². The van der Waals surface area contributed by atoms with Crippen LogP contribution in [0.2, 0.25) is 5.02 Å². The van der Waals surface area contributed by atoms with Crippen LogP contribution in [0, 0.1) is 11.3 Å². The van der Waals surface area contributed by atoms with E-state index in [4.69, 9.17) is 30.9 Å². The SMILES string of the molecule is Cn1nc(C(F)(F)C(F)(F)F)c(C(F)(F)F)c1-n1cc(-c2ccc(Cl)c(C(=O)N(COC(=O)OCCCOC(=O)CCC(=O)O)C3(C#N)CC3)c2)cn1. The minimum atomic E-state index is -6.41. The van der Waals surface area contributed by atoms with E-state index in [1.54, 1.807) is 0 Å². The molecule has 0 atom stereocenters. The van der Waals surface area contributed by atoms with Gasteiger partial charge in [-0.3, -0.25) is 19.3 Å². The Balaban J connectivity index is 1.52. The van der Waals surface area contributed by atoms with Gasteiger partial charge >= 0.3 is 36.4 Å². The van der Waals surface area contributed by atoms with Gasteiger partial charge in [-0.05, 0) is 30.5 Å². The van der Waals surface area contributed by atoms with Gasteiger partial charge in [-0.25, -0.2) is 14.2 Å². The van der Waals surface area contributed by atoms with Gasteiger partial charge in [0.15, 0.2) is 18.2 Å². The zero-order chi connectivity index (χ0) is 39.5. The molecule has 0 radical (unpaired) electrons. The summed E-state index contributed by atoms with van der Waals surface area (Å²) in [6.45, 7) is -1.32. The molecule has 2 aromatic heterocycles. The molecule has 0 unspecified atom stereocenters. The van der Waals surface area contributed by atoms with Crippen LogP contribution in [0.3, 0.4) is 0 Å². The van der Waals surface area contributed by atoms with Gasteiger partial charge in [0.2, 0.25) is 0 Å². The minimum Gasteiger partial charge on any atom is -0.481 e. The number of nitriles is 1. The highest BCUT2D eigenvalue weighted by Crippen LogP contribution is 2.49. The number of rotatable bonds is 14. The molecule has 4 rings (SSSR count). The van der Waals surface area contributed by atoms with Crippen molar-refractivity contribution < 1.29 is 73.6 Å². The highest BCUT2D eigenvalue weighted by atomic mass is 35.5. The third kappa shape index (κ3) is 8.95. The standard InChI is InChI=1S/C30H25ClF8N6O8/c1-43-24(22(29(34,35)36)23(42-43)28(32,33)30(37,38)39)45-13-17(12-41-45)16-3-4-19(31)18(11-16)25(49)44(27(14-40)7-8-27)15-53-26(50)52-10-2-9-51-21(48)6-5-20(46)47/h3-4,11-13H,2,5-10,15H2,1H3,(H,46,47). The highest BCUT2D eigenvalue weighted by Gasteiger charge is 2.64. The summed E-state index contributed by atoms with van der Waals surface area (Å²) in [5.41, 5.74) is -6.69. The third-order valence-corrected chi connectivity index (χ3v) is 7.93. The van der Waals surface area contributed by atoms with Crippen LogP contribution in [0.1, 0.15) is 53.7 Å². The van der Waals surface area contributed by atoms with E-state index in [0.717, 1.165) is 23.4 Å². The number of nitrogens with zero attached hydrogens (tertiary/aromatic N) is 6. The number of amides is 1. The van der Waals surface area contributed by atoms with Crippen molar-refractivity contribution in [2.75, 3.05) is 19.9 Å². The fourth-order valence-corrected chi connectivity index (χ4v) is 4.97. The fourth-order valence-electron chi connectivity index (χ4n) is 4.77. The monoisotopic (exact) mass is 784 g/mol. The zero-order valence-electron chi connectivity index (χ0n) is 26.9. The summed E-state index contributed by atoms with van der Waals surface area (Å²) in [5, 5.41) is 24.7. The fraction of sp³-hybridized carbons (Fsp3) is 0.433. The Morgan fingerprint density at radius 1 is 1.02 bits per heavy atom. The van der Waals surface area contributed by atoms with Crippen molar-refractivity contribution in [2.45, 2.75) is 55.9 Å². The first kappa shape index (κ1) is 40.3. The van der Waals surface area contributed by atoms with Gasteiger partial charge in [-0.2, -0.15) is 50.6 Å². The Labute approximate surface area is 297 Å². The molecule has 23 heteroatoms. The number of carbonyl (C=O) groups excluding carboxylic acids is 3. The Kier molecular flexibility index (Phi) is 11.6. The minimum absolute atomic E-state index is 0.0109. The number of alkyl halides is 8. The number of hydrogen-bond donors (Lipinski definition) is 1. The molecule has 0 saturated heterocycles. The van der Waals surface area contributed by atoms with Crippen molar-refractivity contribution in [3.63, 3.8) is 0 Å². The number of hydrogen-bond acceptors (Lipinski definition) is 10. The number of carbonyl (C=O) groups is 4. The maximum atomic E-state index is 14.2. The van der Waals surface area contributed by atoms with E-state index >= 15 is 0 Å². The summed E-state index contributed by atoms with van der Waals surface area (Å²) in [5.74, 6) is -10.2. The van der Waals surface area contributed by atoms with Crippen molar-refractivity contribution in [1.29, 1.82) is 5.26 Å². The van der Waals surface area contributed by atoms with Crippen LogP contribution in [0.15, 0.2) is 30.6 Å². The molecule has 1 fully saturated rings. The molecule has 0 bridgehead atoms. The molecular formula is C30H25ClF8N6O8. The molecule has 53 heavy (non-hydrogen) atoms. The largest absolute Gasteiger partial charge is 0.510 e. The van der Waals surface area contributed by atoms with Crippen LogP contribution in [-0.4, -0.2) is 85.2 Å². The summed E-state index contributed by atoms with van der Waals surface area (Å²) in [6, 6.07) is 5.58. The lowest BCUT2D eigenvalue weighted by atomic mass is 10.0. The lowest BCUT2D eigenvalue weighted by Crippen LogP contribution is -2.43. The topological polar surface area (TPSA) is 179 Å². The van der Waals surface area contributed by atoms with Gasteiger partial charge < -0.3 is 19.3 Å². The van der Waals surface area contributed by atoms with E-state index < -0.39 is 78.0 Å². The smallest absolute Gasteiger partial charge is 0.481 e. The van der Waals surface area contributed by atoms with Gasteiger partial charge in [-0.15, -0.1) is 0 Å². The Morgan fingerprint density at radius 3 is 2.26 bits per heavy atom. The Bertz CT molecular complexity index is 1930. The van der Waals surface area contributed by atoms with Gasteiger partial charge in [-0.1, -0.05) is 17.7 Å². The number of esters is 1. The summed E-state index contributed by atoms with van der Waals surface area (Å²) >= 11 is 6.28. The molecule has 1 amide bonds. The first-order valence-electron chi connectivity index (χ1n) is 15.0. The molecule has 286 valence electrons. The van der Waals surface area contributed by atoms with E-state index in [2.05, 4.69) is 10.2 Å². The highest BCUT2D eigenvalue weighted by molar-refractivity contribution is 6.34. The van der Waals surface area contributed by atoms with E-state index in [1.807, 2.05) is 6.07 Å². The predicted octanol–water partition coefficient (Wildman–Crippen LogP) is 6.01. The van der Waals surface area contributed by atoms with E-state index in [0.29, 0.717) is 11.7 Å². The Morgan fingerprint density at radius 2 is 1.68 bits per heavy atom. The molecule has 14 nitrogen and oxygen atoms in total. The van der Waals surface area contributed by atoms with E-state index in [1.165, 1.54) is 12.1 Å². The first-order valence-corrected chi connectivity index (χ1v) is 15.3. The number of carboxylic acids is 1. The summed E-state index contributed by atoms with van der Waals surface area (Å²) in [6.07, 6.45) is -12.1. The number of carboxylic acid groups (broad SMARTS) is 1. The molecule has 3 aromatic rings. The van der Waals surface area contributed by atoms with Gasteiger partial charge in [0.25, 0.3) is 5.91 Å². The molecule has 1 aliphatic rings. The summed E-state index contributed by atoms with van der Waals surface area (Å²) in [7, 11) is 0.709. The van der Waals surface area contributed by atoms with Crippen LogP contribution >= 0.6 is 11.6 Å². The third-order valence-electron chi connectivity index (χ3n) is 7.60.